The van der Waals surface area contributed by atoms with E-state index in [1.807, 2.05) is 18.2 Å². The average Bonchev–Trinajstić information content (AvgIpc) is 3.12. The van der Waals surface area contributed by atoms with Crippen LogP contribution in [0.25, 0.3) is 22.1 Å². The lowest BCUT2D eigenvalue weighted by atomic mass is 9.97. The summed E-state index contributed by atoms with van der Waals surface area (Å²) in [4.78, 5) is 11.3. The maximum Gasteiger partial charge on any atom is 0.221 e. The number of hydrogen-bond donors (Lipinski definition) is 2. The van der Waals surface area contributed by atoms with Crippen molar-refractivity contribution in [3.05, 3.63) is 88.4 Å². The van der Waals surface area contributed by atoms with Crippen molar-refractivity contribution in [1.29, 1.82) is 0 Å². The zero-order chi connectivity index (χ0) is 22.0. The average molecular weight is 439 g/mol. The molecule has 0 aliphatic carbocycles. The van der Waals surface area contributed by atoms with E-state index in [9.17, 15) is 4.79 Å². The maximum absolute atomic E-state index is 15.0. The number of halogens is 2. The third kappa shape index (κ3) is 4.40. The molecule has 0 unspecified atom stereocenters. The Labute approximate surface area is 183 Å². The first-order chi connectivity index (χ1) is 15.0. The molecule has 3 aromatic carbocycles. The second-order valence-electron chi connectivity index (χ2n) is 7.13. The first kappa shape index (κ1) is 20.9. The highest BCUT2D eigenvalue weighted by atomic mass is 35.5. The number of nitrogens with two attached hydrogens (primary N) is 2. The van der Waals surface area contributed by atoms with Crippen molar-refractivity contribution in [2.75, 3.05) is 0 Å². The summed E-state index contributed by atoms with van der Waals surface area (Å²) < 4.78 is 26.6. The van der Waals surface area contributed by atoms with Crippen LogP contribution in [0.1, 0.15) is 16.7 Å². The van der Waals surface area contributed by atoms with Gasteiger partial charge in [0, 0.05) is 34.7 Å². The predicted octanol–water partition coefficient (Wildman–Crippen LogP) is 4.96. The summed E-state index contributed by atoms with van der Waals surface area (Å²) in [6, 6.07) is 17.6. The third-order valence-corrected chi connectivity index (χ3v) is 5.17. The number of carbonyl (C=O) groups is 1. The summed E-state index contributed by atoms with van der Waals surface area (Å²) in [7, 11) is 0. The van der Waals surface area contributed by atoms with Gasteiger partial charge in [-0.2, -0.15) is 0 Å². The fraction of sp³-hybridized carbons (Fsp3) is 0.125. The van der Waals surface area contributed by atoms with E-state index in [1.165, 1.54) is 0 Å². The van der Waals surface area contributed by atoms with Crippen molar-refractivity contribution in [3.8, 4) is 16.9 Å². The minimum atomic E-state index is -0.444. The molecule has 1 aromatic heterocycles. The highest BCUT2D eigenvalue weighted by molar-refractivity contribution is 6.30. The number of para-hydroxylation sites is 1. The number of furan rings is 1. The first-order valence-corrected chi connectivity index (χ1v) is 10.0. The van der Waals surface area contributed by atoms with Crippen LogP contribution in [-0.2, 0) is 24.4 Å². The van der Waals surface area contributed by atoms with Crippen molar-refractivity contribution < 1.29 is 18.3 Å². The number of ether oxygens (including phenoxy) is 1. The molecule has 0 radical (unpaired) electrons. The van der Waals surface area contributed by atoms with E-state index >= 15 is 4.39 Å². The van der Waals surface area contributed by atoms with Gasteiger partial charge >= 0.3 is 0 Å². The van der Waals surface area contributed by atoms with Crippen LogP contribution in [0.15, 0.2) is 65.1 Å². The Morgan fingerprint density at radius 1 is 1.03 bits per heavy atom. The van der Waals surface area contributed by atoms with Gasteiger partial charge in [-0.25, -0.2) is 4.39 Å². The molecule has 4 N–H and O–H groups in total. The smallest absolute Gasteiger partial charge is 0.221 e. The Kier molecular flexibility index (Phi) is 5.93. The van der Waals surface area contributed by atoms with Crippen molar-refractivity contribution in [3.63, 3.8) is 0 Å². The summed E-state index contributed by atoms with van der Waals surface area (Å²) in [5, 5.41) is 0.896. The number of primary amides is 1. The molecule has 0 fully saturated rings. The maximum atomic E-state index is 15.0. The molecule has 0 bridgehead atoms. The highest BCUT2D eigenvalue weighted by Crippen LogP contribution is 2.36. The molecule has 4 aromatic rings. The number of fused-ring (bicyclic) bond motifs is 1. The minimum absolute atomic E-state index is 0.0747. The molecule has 0 aliphatic heterocycles. The van der Waals surface area contributed by atoms with Gasteiger partial charge < -0.3 is 20.6 Å². The van der Waals surface area contributed by atoms with Gasteiger partial charge in [-0.15, -0.1) is 0 Å². The largest absolute Gasteiger partial charge is 0.489 e. The second kappa shape index (κ2) is 8.79. The molecular weight excluding hydrogens is 419 g/mol. The molecule has 158 valence electrons. The number of rotatable bonds is 7. The first-order valence-electron chi connectivity index (χ1n) is 9.65. The fourth-order valence-corrected chi connectivity index (χ4v) is 3.75. The fourth-order valence-electron chi connectivity index (χ4n) is 3.56. The molecule has 0 saturated carbocycles. The van der Waals surface area contributed by atoms with Gasteiger partial charge in [0.25, 0.3) is 0 Å². The summed E-state index contributed by atoms with van der Waals surface area (Å²) in [6.45, 7) is 0.268. The molecule has 1 heterocycles. The Morgan fingerprint density at radius 2 is 1.81 bits per heavy atom. The lowest BCUT2D eigenvalue weighted by Crippen LogP contribution is -2.14. The van der Waals surface area contributed by atoms with Gasteiger partial charge in [-0.05, 0) is 40.9 Å². The Bertz CT molecular complexity index is 1270. The van der Waals surface area contributed by atoms with Crippen molar-refractivity contribution in [2.45, 2.75) is 19.6 Å². The standard InChI is InChI=1S/C24H20ClFN2O3/c25-22-11-19-18(17-6-3-5-16(12-27)24(17)26)8-14(9-21(19)31-22)13-30-20-7-2-1-4-15(20)10-23(28)29/h1-9,11H,10,12-13,27H2,(H2,28,29). The van der Waals surface area contributed by atoms with Crippen molar-refractivity contribution >= 4 is 28.5 Å². The predicted molar refractivity (Wildman–Crippen MR) is 118 cm³/mol. The summed E-state index contributed by atoms with van der Waals surface area (Å²) in [5.74, 6) is -0.273. The monoisotopic (exact) mass is 438 g/mol. The molecule has 7 heteroatoms. The van der Waals surface area contributed by atoms with E-state index in [4.69, 9.17) is 32.2 Å². The van der Waals surface area contributed by atoms with Gasteiger partial charge in [0.1, 0.15) is 23.8 Å². The van der Waals surface area contributed by atoms with Crippen LogP contribution in [-0.4, -0.2) is 5.91 Å². The van der Waals surface area contributed by atoms with Crippen LogP contribution in [0.5, 0.6) is 5.75 Å². The number of hydrogen-bond acceptors (Lipinski definition) is 4. The summed E-state index contributed by atoms with van der Waals surface area (Å²) in [5.41, 5.74) is 14.4. The lowest BCUT2D eigenvalue weighted by molar-refractivity contribution is -0.117. The second-order valence-corrected chi connectivity index (χ2v) is 7.50. The van der Waals surface area contributed by atoms with Gasteiger partial charge in [-0.1, -0.05) is 36.4 Å². The van der Waals surface area contributed by atoms with E-state index in [1.54, 1.807) is 42.5 Å². The van der Waals surface area contributed by atoms with Crippen LogP contribution in [0.2, 0.25) is 5.22 Å². The molecule has 0 aliphatic rings. The van der Waals surface area contributed by atoms with Crippen LogP contribution < -0.4 is 16.2 Å². The molecular formula is C24H20ClFN2O3. The molecule has 31 heavy (non-hydrogen) atoms. The Balaban J connectivity index is 1.73. The summed E-state index contributed by atoms with van der Waals surface area (Å²) >= 11 is 6.08. The Hall–Kier alpha value is -3.35. The van der Waals surface area contributed by atoms with Crippen LogP contribution in [0.3, 0.4) is 0 Å². The van der Waals surface area contributed by atoms with E-state index in [0.29, 0.717) is 39.0 Å². The van der Waals surface area contributed by atoms with E-state index in [0.717, 1.165) is 5.56 Å². The topological polar surface area (TPSA) is 91.5 Å². The van der Waals surface area contributed by atoms with Crippen LogP contribution in [0, 0.1) is 5.82 Å². The number of benzene rings is 3. The SMILES string of the molecule is NCc1cccc(-c2cc(COc3ccccc3CC(N)=O)cc3oc(Cl)cc23)c1F. The third-order valence-electron chi connectivity index (χ3n) is 4.99. The minimum Gasteiger partial charge on any atom is -0.489 e. The molecule has 5 nitrogen and oxygen atoms in total. The van der Waals surface area contributed by atoms with Gasteiger partial charge in [0.15, 0.2) is 5.22 Å². The molecule has 0 atom stereocenters. The molecule has 1 amide bonds. The van der Waals surface area contributed by atoms with Crippen LogP contribution in [0.4, 0.5) is 4.39 Å². The summed E-state index contributed by atoms with van der Waals surface area (Å²) in [6.07, 6.45) is 0.0747. The number of carbonyl (C=O) groups excluding carboxylic acids is 1. The van der Waals surface area contributed by atoms with Crippen molar-refractivity contribution in [2.24, 2.45) is 11.5 Å². The van der Waals surface area contributed by atoms with E-state index < -0.39 is 5.91 Å². The lowest BCUT2D eigenvalue weighted by Gasteiger charge is -2.13. The number of amides is 1. The van der Waals surface area contributed by atoms with E-state index in [-0.39, 0.29) is 30.6 Å². The van der Waals surface area contributed by atoms with Gasteiger partial charge in [0.2, 0.25) is 5.91 Å². The van der Waals surface area contributed by atoms with Gasteiger partial charge in [0.05, 0.1) is 6.42 Å². The quantitative estimate of drug-likeness (QED) is 0.426. The zero-order valence-corrected chi connectivity index (χ0v) is 17.3. The van der Waals surface area contributed by atoms with Gasteiger partial charge in [-0.3, -0.25) is 4.79 Å². The normalized spacial score (nSPS) is 11.1. The van der Waals surface area contributed by atoms with E-state index in [2.05, 4.69) is 0 Å². The molecule has 0 saturated heterocycles. The van der Waals surface area contributed by atoms with Crippen molar-refractivity contribution in [1.82, 2.24) is 0 Å². The molecule has 0 spiro atoms. The Morgan fingerprint density at radius 3 is 2.58 bits per heavy atom. The highest BCUT2D eigenvalue weighted by Gasteiger charge is 2.16. The zero-order valence-electron chi connectivity index (χ0n) is 16.5. The molecule has 4 rings (SSSR count). The van der Waals surface area contributed by atoms with Crippen LogP contribution >= 0.6 is 11.6 Å².